The molecule has 1 heterocycles. The number of carbonyl (C=O) groups excluding carboxylic acids is 2. The predicted octanol–water partition coefficient (Wildman–Crippen LogP) is 7.15. The maximum absolute atomic E-state index is 13.0. The van der Waals surface area contributed by atoms with Crippen LogP contribution in [-0.4, -0.2) is 59.0 Å². The van der Waals surface area contributed by atoms with Crippen LogP contribution >= 0.6 is 0 Å². The van der Waals surface area contributed by atoms with E-state index in [1.807, 2.05) is 57.2 Å². The van der Waals surface area contributed by atoms with E-state index in [-0.39, 0.29) is 12.6 Å². The monoisotopic (exact) mass is 588 g/mol. The molecule has 0 saturated heterocycles. The number of hydrogen-bond donors (Lipinski definition) is 1. The molecule has 3 aromatic rings. The van der Waals surface area contributed by atoms with Crippen molar-refractivity contribution in [3.05, 3.63) is 83.7 Å². The van der Waals surface area contributed by atoms with Crippen LogP contribution < -0.4 is 4.74 Å². The van der Waals surface area contributed by atoms with Gasteiger partial charge in [-0.1, -0.05) is 49.2 Å². The highest BCUT2D eigenvalue weighted by Gasteiger charge is 2.25. The van der Waals surface area contributed by atoms with Crippen LogP contribution in [0, 0.1) is 0 Å². The molecule has 0 radical (unpaired) electrons. The van der Waals surface area contributed by atoms with Crippen molar-refractivity contribution in [2.45, 2.75) is 83.5 Å². The summed E-state index contributed by atoms with van der Waals surface area (Å²) in [6.45, 7) is 5.94. The molecule has 1 atom stereocenters. The van der Waals surface area contributed by atoms with Crippen molar-refractivity contribution in [1.29, 1.82) is 0 Å². The molecular formula is C35H44N2O6. The molecule has 0 unspecified atom stereocenters. The van der Waals surface area contributed by atoms with Crippen molar-refractivity contribution in [2.75, 3.05) is 20.2 Å². The molecule has 0 aliphatic heterocycles. The number of aliphatic hydroxyl groups excluding tert-OH is 1. The summed E-state index contributed by atoms with van der Waals surface area (Å²) >= 11 is 0. The van der Waals surface area contributed by atoms with Gasteiger partial charge in [0.25, 0.3) is 0 Å². The third-order valence-electron chi connectivity index (χ3n) is 7.55. The van der Waals surface area contributed by atoms with Gasteiger partial charge in [-0.3, -0.25) is 4.98 Å². The lowest BCUT2D eigenvalue weighted by molar-refractivity contribution is 0.0146. The number of benzene rings is 2. The second-order valence-corrected chi connectivity index (χ2v) is 12.1. The summed E-state index contributed by atoms with van der Waals surface area (Å²) in [6.07, 6.45) is 9.23. The van der Waals surface area contributed by atoms with E-state index in [1.54, 1.807) is 35.5 Å². The van der Waals surface area contributed by atoms with Gasteiger partial charge >= 0.3 is 12.1 Å². The summed E-state index contributed by atoms with van der Waals surface area (Å²) < 4.78 is 17.0. The Hall–Kier alpha value is -3.91. The Balaban J connectivity index is 1.47. The number of methoxy groups -OCH3 is 1. The summed E-state index contributed by atoms with van der Waals surface area (Å²) in [6, 6.07) is 17.3. The van der Waals surface area contributed by atoms with Gasteiger partial charge in [-0.2, -0.15) is 0 Å². The zero-order chi connectivity index (χ0) is 30.8. The molecule has 8 nitrogen and oxygen atoms in total. The molecule has 43 heavy (non-hydrogen) atoms. The highest BCUT2D eigenvalue weighted by molar-refractivity contribution is 5.93. The number of aromatic nitrogens is 1. The molecule has 8 heteroatoms. The highest BCUT2D eigenvalue weighted by atomic mass is 16.6. The molecular weight excluding hydrogens is 544 g/mol. The summed E-state index contributed by atoms with van der Waals surface area (Å²) in [7, 11) is 1.38. The average Bonchev–Trinajstić information content (AvgIpc) is 3.27. The quantitative estimate of drug-likeness (QED) is 0.198. The zero-order valence-corrected chi connectivity index (χ0v) is 25.8. The Labute approximate surface area is 255 Å². The van der Waals surface area contributed by atoms with Crippen LogP contribution in [0.4, 0.5) is 4.79 Å². The van der Waals surface area contributed by atoms with Crippen molar-refractivity contribution < 1.29 is 28.9 Å². The predicted molar refractivity (Wildman–Crippen MR) is 166 cm³/mol. The number of carbonyl (C=O) groups is 2. The number of aliphatic hydroxyl groups is 1. The van der Waals surface area contributed by atoms with E-state index in [9.17, 15) is 14.7 Å². The van der Waals surface area contributed by atoms with E-state index in [0.717, 1.165) is 42.4 Å². The SMILES string of the molecule is COC(=O)c1ccc(-c2ccc(CCN(C[C@@H](O)c3cccnc3)C(=O)OC(C)(C)C)cc2)cc1OC1CCCCCC1. The van der Waals surface area contributed by atoms with Gasteiger partial charge in [-0.05, 0) is 87.8 Å². The van der Waals surface area contributed by atoms with E-state index in [4.69, 9.17) is 14.2 Å². The zero-order valence-electron chi connectivity index (χ0n) is 25.8. The molecule has 0 bridgehead atoms. The number of amides is 1. The number of nitrogens with zero attached hydrogens (tertiary/aromatic N) is 2. The molecule has 1 saturated carbocycles. The molecule has 2 aromatic carbocycles. The first-order valence-corrected chi connectivity index (χ1v) is 15.2. The number of rotatable bonds is 10. The maximum Gasteiger partial charge on any atom is 0.410 e. The van der Waals surface area contributed by atoms with Crippen LogP contribution in [0.3, 0.4) is 0 Å². The third-order valence-corrected chi connectivity index (χ3v) is 7.55. The lowest BCUT2D eigenvalue weighted by Gasteiger charge is -2.29. The van der Waals surface area contributed by atoms with Crippen molar-refractivity contribution in [3.63, 3.8) is 0 Å². The lowest BCUT2D eigenvalue weighted by atomic mass is 10.0. The Morgan fingerprint density at radius 1 is 1.00 bits per heavy atom. The highest BCUT2D eigenvalue weighted by Crippen LogP contribution is 2.31. The molecule has 230 valence electrons. The van der Waals surface area contributed by atoms with E-state index >= 15 is 0 Å². The topological polar surface area (TPSA) is 98.2 Å². The second kappa shape index (κ2) is 15.0. The minimum Gasteiger partial charge on any atom is -0.490 e. The molecule has 0 spiro atoms. The van der Waals surface area contributed by atoms with Crippen LogP contribution in [-0.2, 0) is 15.9 Å². The van der Waals surface area contributed by atoms with Gasteiger partial charge in [0.15, 0.2) is 0 Å². The van der Waals surface area contributed by atoms with Crippen LogP contribution in [0.2, 0.25) is 0 Å². The van der Waals surface area contributed by atoms with Gasteiger partial charge in [-0.15, -0.1) is 0 Å². The van der Waals surface area contributed by atoms with E-state index in [0.29, 0.717) is 29.8 Å². The van der Waals surface area contributed by atoms with Gasteiger partial charge in [0.2, 0.25) is 0 Å². The number of hydrogen-bond acceptors (Lipinski definition) is 7. The smallest absolute Gasteiger partial charge is 0.410 e. The molecule has 1 aromatic heterocycles. The molecule has 1 aliphatic rings. The van der Waals surface area contributed by atoms with Gasteiger partial charge in [0, 0.05) is 24.5 Å². The standard InChI is InChI=1S/C35H44N2O6/c1-35(2,3)43-34(40)37(24-31(38)28-10-9-20-36-23-28)21-19-25-13-15-26(16-14-25)27-17-18-30(33(39)41-4)32(22-27)42-29-11-7-5-6-8-12-29/h9-10,13-18,20,22-23,29,31,38H,5-8,11-12,19,21,24H2,1-4H3/t31-/m1/s1. The van der Waals surface area contributed by atoms with Gasteiger partial charge in [-0.25, -0.2) is 9.59 Å². The Morgan fingerprint density at radius 2 is 1.70 bits per heavy atom. The lowest BCUT2D eigenvalue weighted by Crippen LogP contribution is -2.40. The number of ether oxygens (including phenoxy) is 3. The van der Waals surface area contributed by atoms with Crippen LogP contribution in [0.1, 0.15) is 86.9 Å². The van der Waals surface area contributed by atoms with Gasteiger partial charge in [0.1, 0.15) is 16.9 Å². The largest absolute Gasteiger partial charge is 0.490 e. The minimum atomic E-state index is -0.883. The normalized spacial score (nSPS) is 14.8. The number of pyridine rings is 1. The van der Waals surface area contributed by atoms with Crippen molar-refractivity contribution in [3.8, 4) is 16.9 Å². The first kappa shape index (κ1) is 32.0. The summed E-state index contributed by atoms with van der Waals surface area (Å²) in [5.41, 5.74) is 3.39. The molecule has 1 N–H and O–H groups in total. The first-order chi connectivity index (χ1) is 20.6. The average molecular weight is 589 g/mol. The minimum absolute atomic E-state index is 0.0909. The fraction of sp³-hybridized carbons (Fsp3) is 0.457. The first-order valence-electron chi connectivity index (χ1n) is 15.2. The fourth-order valence-corrected chi connectivity index (χ4v) is 5.22. The maximum atomic E-state index is 13.0. The van der Waals surface area contributed by atoms with Gasteiger partial charge in [0.05, 0.1) is 25.9 Å². The second-order valence-electron chi connectivity index (χ2n) is 12.1. The summed E-state index contributed by atoms with van der Waals surface area (Å²) in [4.78, 5) is 31.1. The van der Waals surface area contributed by atoms with Crippen LogP contribution in [0.15, 0.2) is 67.0 Å². The Bertz CT molecular complexity index is 1330. The Kier molecular flexibility index (Phi) is 11.2. The van der Waals surface area contributed by atoms with Crippen molar-refractivity contribution in [1.82, 2.24) is 9.88 Å². The van der Waals surface area contributed by atoms with Crippen molar-refractivity contribution in [2.24, 2.45) is 0 Å². The van der Waals surface area contributed by atoms with Crippen LogP contribution in [0.25, 0.3) is 11.1 Å². The van der Waals surface area contributed by atoms with E-state index < -0.39 is 23.8 Å². The van der Waals surface area contributed by atoms with E-state index in [2.05, 4.69) is 4.98 Å². The third kappa shape index (κ3) is 9.55. The fourth-order valence-electron chi connectivity index (χ4n) is 5.22. The molecule has 1 fully saturated rings. The summed E-state index contributed by atoms with van der Waals surface area (Å²) in [5, 5.41) is 10.8. The molecule has 1 amide bonds. The molecule has 4 rings (SSSR count). The Morgan fingerprint density at radius 3 is 2.33 bits per heavy atom. The number of esters is 1. The molecule has 1 aliphatic carbocycles. The van der Waals surface area contributed by atoms with E-state index in [1.165, 1.54) is 20.0 Å². The van der Waals surface area contributed by atoms with Crippen LogP contribution in [0.5, 0.6) is 5.75 Å². The van der Waals surface area contributed by atoms with Gasteiger partial charge < -0.3 is 24.2 Å². The van der Waals surface area contributed by atoms with Crippen molar-refractivity contribution >= 4 is 12.1 Å². The summed E-state index contributed by atoms with van der Waals surface area (Å²) in [5.74, 6) is 0.147.